The molecule has 0 bridgehead atoms. The quantitative estimate of drug-likeness (QED) is 0.377. The van der Waals surface area contributed by atoms with Crippen LogP contribution >= 0.6 is 0 Å². The standard InChI is InChI=1S/C21H15N3O3/c25-24(26)18-13-11-17(12-14-18)20-22-23-21(27-20)19(15-7-3-1-4-8-15)16-9-5-2-6-10-16/h1-14,19H. The SMILES string of the molecule is O=[N+]([O-])c1ccc(-c2nnc(C(c3ccccc3)c3ccccc3)o2)cc1. The van der Waals surface area contributed by atoms with Crippen molar-refractivity contribution in [2.45, 2.75) is 5.92 Å². The molecule has 27 heavy (non-hydrogen) atoms. The summed E-state index contributed by atoms with van der Waals surface area (Å²) in [6.07, 6.45) is 0. The van der Waals surface area contributed by atoms with E-state index in [0.29, 0.717) is 17.3 Å². The molecule has 0 spiro atoms. The van der Waals surface area contributed by atoms with Gasteiger partial charge >= 0.3 is 0 Å². The second-order valence-electron chi connectivity index (χ2n) is 6.00. The highest BCUT2D eigenvalue weighted by atomic mass is 16.6. The first-order chi connectivity index (χ1) is 13.2. The third kappa shape index (κ3) is 3.46. The molecule has 132 valence electrons. The average molecular weight is 357 g/mol. The Bertz CT molecular complexity index is 1010. The summed E-state index contributed by atoms with van der Waals surface area (Å²) in [4.78, 5) is 10.4. The molecule has 0 aliphatic rings. The largest absolute Gasteiger partial charge is 0.420 e. The van der Waals surface area contributed by atoms with Crippen molar-refractivity contribution in [1.82, 2.24) is 10.2 Å². The van der Waals surface area contributed by atoms with Crippen molar-refractivity contribution in [3.63, 3.8) is 0 Å². The highest BCUT2D eigenvalue weighted by molar-refractivity contribution is 5.55. The molecule has 1 aromatic heterocycles. The zero-order valence-corrected chi connectivity index (χ0v) is 14.2. The lowest BCUT2D eigenvalue weighted by Crippen LogP contribution is -2.03. The van der Waals surface area contributed by atoms with Crippen LogP contribution in [0.4, 0.5) is 5.69 Å². The molecule has 4 rings (SSSR count). The first-order valence-electron chi connectivity index (χ1n) is 8.40. The van der Waals surface area contributed by atoms with Crippen molar-refractivity contribution >= 4 is 5.69 Å². The van der Waals surface area contributed by atoms with Gasteiger partial charge in [-0.2, -0.15) is 0 Å². The van der Waals surface area contributed by atoms with Crippen LogP contribution in [0.5, 0.6) is 0 Å². The second-order valence-corrected chi connectivity index (χ2v) is 6.00. The zero-order chi connectivity index (χ0) is 18.6. The summed E-state index contributed by atoms with van der Waals surface area (Å²) < 4.78 is 5.95. The number of nitro benzene ring substituents is 1. The molecular weight excluding hydrogens is 342 g/mol. The Morgan fingerprint density at radius 2 is 1.33 bits per heavy atom. The lowest BCUT2D eigenvalue weighted by atomic mass is 9.91. The van der Waals surface area contributed by atoms with Crippen LogP contribution in [0.2, 0.25) is 0 Å². The van der Waals surface area contributed by atoms with Crippen LogP contribution in [0.25, 0.3) is 11.5 Å². The minimum atomic E-state index is -0.441. The maximum atomic E-state index is 10.8. The highest BCUT2D eigenvalue weighted by Crippen LogP contribution is 2.32. The summed E-state index contributed by atoms with van der Waals surface area (Å²) >= 11 is 0. The topological polar surface area (TPSA) is 82.1 Å². The first kappa shape index (κ1) is 16.7. The predicted octanol–water partition coefficient (Wildman–Crippen LogP) is 4.83. The van der Waals surface area contributed by atoms with Gasteiger partial charge in [-0.25, -0.2) is 0 Å². The van der Waals surface area contributed by atoms with Crippen LogP contribution in [0.15, 0.2) is 89.3 Å². The van der Waals surface area contributed by atoms with E-state index in [1.54, 1.807) is 12.1 Å². The van der Waals surface area contributed by atoms with E-state index >= 15 is 0 Å². The summed E-state index contributed by atoms with van der Waals surface area (Å²) in [6.45, 7) is 0. The molecule has 6 heteroatoms. The summed E-state index contributed by atoms with van der Waals surface area (Å²) in [5.74, 6) is 0.615. The smallest absolute Gasteiger partial charge is 0.269 e. The molecule has 0 saturated heterocycles. The van der Waals surface area contributed by atoms with Gasteiger partial charge in [0.15, 0.2) is 0 Å². The van der Waals surface area contributed by atoms with Gasteiger partial charge in [0, 0.05) is 17.7 Å². The Morgan fingerprint density at radius 3 is 1.85 bits per heavy atom. The molecule has 0 aliphatic carbocycles. The molecular formula is C21H15N3O3. The number of non-ortho nitro benzene ring substituents is 1. The fourth-order valence-electron chi connectivity index (χ4n) is 2.96. The summed E-state index contributed by atoms with van der Waals surface area (Å²) in [6, 6.07) is 25.9. The summed E-state index contributed by atoms with van der Waals surface area (Å²) in [5.41, 5.74) is 2.74. The molecule has 1 heterocycles. The van der Waals surface area contributed by atoms with Crippen LogP contribution in [0.1, 0.15) is 22.9 Å². The van der Waals surface area contributed by atoms with Crippen molar-refractivity contribution < 1.29 is 9.34 Å². The lowest BCUT2D eigenvalue weighted by Gasteiger charge is -2.13. The number of rotatable bonds is 5. The number of hydrogen-bond acceptors (Lipinski definition) is 5. The van der Waals surface area contributed by atoms with E-state index in [1.165, 1.54) is 12.1 Å². The fourth-order valence-corrected chi connectivity index (χ4v) is 2.96. The molecule has 0 saturated carbocycles. The summed E-state index contributed by atoms with van der Waals surface area (Å²) in [7, 11) is 0. The molecule has 0 atom stereocenters. The zero-order valence-electron chi connectivity index (χ0n) is 14.2. The second kappa shape index (κ2) is 7.21. The lowest BCUT2D eigenvalue weighted by molar-refractivity contribution is -0.384. The molecule has 0 N–H and O–H groups in total. The van der Waals surface area contributed by atoms with Crippen LogP contribution in [0, 0.1) is 10.1 Å². The van der Waals surface area contributed by atoms with E-state index in [9.17, 15) is 10.1 Å². The Labute approximate surface area is 155 Å². The van der Waals surface area contributed by atoms with E-state index in [1.807, 2.05) is 60.7 Å². The molecule has 0 radical (unpaired) electrons. The van der Waals surface area contributed by atoms with Crippen molar-refractivity contribution in [1.29, 1.82) is 0 Å². The van der Waals surface area contributed by atoms with Gasteiger partial charge in [-0.1, -0.05) is 60.7 Å². The Kier molecular flexibility index (Phi) is 4.45. The monoisotopic (exact) mass is 357 g/mol. The molecule has 6 nitrogen and oxygen atoms in total. The van der Waals surface area contributed by atoms with Crippen molar-refractivity contribution in [3.8, 4) is 11.5 Å². The minimum Gasteiger partial charge on any atom is -0.420 e. The van der Waals surface area contributed by atoms with Gasteiger partial charge in [-0.15, -0.1) is 10.2 Å². The van der Waals surface area contributed by atoms with E-state index in [2.05, 4.69) is 10.2 Å². The van der Waals surface area contributed by atoms with E-state index in [0.717, 1.165) is 11.1 Å². The van der Waals surface area contributed by atoms with Gasteiger partial charge in [0.25, 0.3) is 5.69 Å². The third-order valence-electron chi connectivity index (χ3n) is 4.28. The molecule has 0 aliphatic heterocycles. The maximum absolute atomic E-state index is 10.8. The van der Waals surface area contributed by atoms with Gasteiger partial charge in [-0.3, -0.25) is 10.1 Å². The third-order valence-corrected chi connectivity index (χ3v) is 4.28. The number of benzene rings is 3. The highest BCUT2D eigenvalue weighted by Gasteiger charge is 2.23. The van der Waals surface area contributed by atoms with Gasteiger partial charge in [-0.05, 0) is 23.3 Å². The minimum absolute atomic E-state index is 0.0185. The summed E-state index contributed by atoms with van der Waals surface area (Å²) in [5, 5.41) is 19.2. The van der Waals surface area contributed by atoms with Crippen molar-refractivity contribution in [3.05, 3.63) is 112 Å². The van der Waals surface area contributed by atoms with Gasteiger partial charge in [0.1, 0.15) is 0 Å². The number of nitrogens with zero attached hydrogens (tertiary/aromatic N) is 3. The predicted molar refractivity (Wildman–Crippen MR) is 100 cm³/mol. The number of aromatic nitrogens is 2. The molecule has 0 amide bonds. The molecule has 4 aromatic rings. The van der Waals surface area contributed by atoms with E-state index in [4.69, 9.17) is 4.42 Å². The van der Waals surface area contributed by atoms with Crippen LogP contribution in [-0.4, -0.2) is 15.1 Å². The molecule has 3 aromatic carbocycles. The van der Waals surface area contributed by atoms with E-state index in [-0.39, 0.29) is 11.6 Å². The normalized spacial score (nSPS) is 10.9. The number of hydrogen-bond donors (Lipinski definition) is 0. The maximum Gasteiger partial charge on any atom is 0.269 e. The molecule has 0 fully saturated rings. The van der Waals surface area contributed by atoms with E-state index < -0.39 is 4.92 Å². The van der Waals surface area contributed by atoms with Gasteiger partial charge in [0.2, 0.25) is 11.8 Å². The number of nitro groups is 1. The fraction of sp³-hybridized carbons (Fsp3) is 0.0476. The van der Waals surface area contributed by atoms with Crippen molar-refractivity contribution in [2.24, 2.45) is 0 Å². The first-order valence-corrected chi connectivity index (χ1v) is 8.40. The van der Waals surface area contributed by atoms with Crippen LogP contribution < -0.4 is 0 Å². The van der Waals surface area contributed by atoms with Crippen molar-refractivity contribution in [2.75, 3.05) is 0 Å². The van der Waals surface area contributed by atoms with Gasteiger partial charge in [0.05, 0.1) is 10.8 Å². The average Bonchev–Trinajstić information content (AvgIpc) is 3.19. The Balaban J connectivity index is 1.73. The van der Waals surface area contributed by atoms with Crippen LogP contribution in [-0.2, 0) is 0 Å². The van der Waals surface area contributed by atoms with Gasteiger partial charge < -0.3 is 4.42 Å². The molecule has 0 unspecified atom stereocenters. The van der Waals surface area contributed by atoms with Crippen LogP contribution in [0.3, 0.4) is 0 Å². The Hall–Kier alpha value is -3.80. The Morgan fingerprint density at radius 1 is 0.778 bits per heavy atom.